The summed E-state index contributed by atoms with van der Waals surface area (Å²) in [7, 11) is 0. The number of ether oxygens (including phenoxy) is 2. The summed E-state index contributed by atoms with van der Waals surface area (Å²) in [5, 5.41) is 14.0. The number of aromatic nitrogens is 4. The van der Waals surface area contributed by atoms with Crippen molar-refractivity contribution in [3.8, 4) is 11.4 Å². The van der Waals surface area contributed by atoms with Crippen molar-refractivity contribution in [3.63, 3.8) is 0 Å². The van der Waals surface area contributed by atoms with Gasteiger partial charge in [0.1, 0.15) is 18.7 Å². The lowest BCUT2D eigenvalue weighted by Crippen LogP contribution is -2.19. The molecular weight excluding hydrogens is 346 g/mol. The average Bonchev–Trinajstić information content (AvgIpc) is 3.41. The number of amides is 1. The third-order valence-corrected chi connectivity index (χ3v) is 4.30. The van der Waals surface area contributed by atoms with Gasteiger partial charge in [-0.3, -0.25) is 4.79 Å². The lowest BCUT2D eigenvalue weighted by atomic mass is 10.1. The number of benzene rings is 2. The van der Waals surface area contributed by atoms with Gasteiger partial charge in [0.15, 0.2) is 0 Å². The van der Waals surface area contributed by atoms with Gasteiger partial charge in [-0.05, 0) is 53.6 Å². The van der Waals surface area contributed by atoms with E-state index in [1.54, 1.807) is 18.2 Å². The standard InChI is InChI=1S/C19H19N5O3/c25-19(21-14-5-3-6-15(11-14)24-13-20-22-23-24)17-8-1-2-9-18(17)27-12-16-7-4-10-26-16/h1-3,5-6,8-9,11,13,16H,4,7,10,12H2,(H,21,25). The van der Waals surface area contributed by atoms with Crippen LogP contribution in [-0.2, 0) is 4.74 Å². The summed E-state index contributed by atoms with van der Waals surface area (Å²) >= 11 is 0. The van der Waals surface area contributed by atoms with Crippen LogP contribution in [0.25, 0.3) is 5.69 Å². The van der Waals surface area contributed by atoms with E-state index in [0.717, 1.165) is 25.1 Å². The van der Waals surface area contributed by atoms with Crippen LogP contribution in [0.4, 0.5) is 5.69 Å². The van der Waals surface area contributed by atoms with Gasteiger partial charge in [0, 0.05) is 12.3 Å². The smallest absolute Gasteiger partial charge is 0.259 e. The SMILES string of the molecule is O=C(Nc1cccc(-n2cnnn2)c1)c1ccccc1OCC1CCCO1. The Labute approximate surface area is 156 Å². The molecule has 0 bridgehead atoms. The Balaban J connectivity index is 1.47. The Kier molecular flexibility index (Phi) is 5.06. The molecule has 0 radical (unpaired) electrons. The lowest BCUT2D eigenvalue weighted by molar-refractivity contribution is 0.0673. The molecule has 1 fully saturated rings. The van der Waals surface area contributed by atoms with E-state index >= 15 is 0 Å². The van der Waals surface area contributed by atoms with E-state index in [2.05, 4.69) is 20.8 Å². The van der Waals surface area contributed by atoms with Crippen LogP contribution in [0.5, 0.6) is 5.75 Å². The van der Waals surface area contributed by atoms with E-state index in [9.17, 15) is 4.79 Å². The highest BCUT2D eigenvalue weighted by atomic mass is 16.5. The number of hydrogen-bond acceptors (Lipinski definition) is 6. The van der Waals surface area contributed by atoms with Crippen molar-refractivity contribution in [3.05, 3.63) is 60.4 Å². The van der Waals surface area contributed by atoms with Crippen LogP contribution in [0.3, 0.4) is 0 Å². The monoisotopic (exact) mass is 365 g/mol. The number of hydrogen-bond donors (Lipinski definition) is 1. The van der Waals surface area contributed by atoms with Crippen molar-refractivity contribution in [2.75, 3.05) is 18.5 Å². The van der Waals surface area contributed by atoms with Gasteiger partial charge in [-0.2, -0.15) is 0 Å². The van der Waals surface area contributed by atoms with E-state index in [-0.39, 0.29) is 12.0 Å². The largest absolute Gasteiger partial charge is 0.490 e. The Morgan fingerprint density at radius 2 is 2.19 bits per heavy atom. The van der Waals surface area contributed by atoms with Gasteiger partial charge in [-0.1, -0.05) is 18.2 Å². The van der Waals surface area contributed by atoms with Gasteiger partial charge in [0.25, 0.3) is 5.91 Å². The van der Waals surface area contributed by atoms with Crippen molar-refractivity contribution in [2.24, 2.45) is 0 Å². The number of anilines is 1. The van der Waals surface area contributed by atoms with Crippen LogP contribution in [0.2, 0.25) is 0 Å². The van der Waals surface area contributed by atoms with Crippen LogP contribution in [0.15, 0.2) is 54.9 Å². The molecule has 4 rings (SSSR count). The third kappa shape index (κ3) is 4.12. The summed E-state index contributed by atoms with van der Waals surface area (Å²) in [6.07, 6.45) is 3.62. The molecule has 3 aromatic rings. The van der Waals surface area contributed by atoms with Gasteiger partial charge in [0.2, 0.25) is 0 Å². The zero-order chi connectivity index (χ0) is 18.5. The maximum absolute atomic E-state index is 12.8. The van der Waals surface area contributed by atoms with Crippen molar-refractivity contribution < 1.29 is 14.3 Å². The Bertz CT molecular complexity index is 907. The second-order valence-electron chi connectivity index (χ2n) is 6.20. The van der Waals surface area contributed by atoms with E-state index in [4.69, 9.17) is 9.47 Å². The second kappa shape index (κ2) is 7.96. The molecule has 1 saturated heterocycles. The van der Waals surface area contributed by atoms with Gasteiger partial charge < -0.3 is 14.8 Å². The van der Waals surface area contributed by atoms with E-state index in [0.29, 0.717) is 23.6 Å². The summed E-state index contributed by atoms with van der Waals surface area (Å²) in [5.74, 6) is 0.300. The molecule has 1 unspecified atom stereocenters. The first-order chi connectivity index (χ1) is 13.3. The van der Waals surface area contributed by atoms with E-state index in [1.165, 1.54) is 11.0 Å². The molecule has 27 heavy (non-hydrogen) atoms. The summed E-state index contributed by atoms with van der Waals surface area (Å²) in [6.45, 7) is 1.22. The molecule has 8 nitrogen and oxygen atoms in total. The zero-order valence-corrected chi connectivity index (χ0v) is 14.6. The Morgan fingerprint density at radius 1 is 1.26 bits per heavy atom. The first-order valence-corrected chi connectivity index (χ1v) is 8.78. The zero-order valence-electron chi connectivity index (χ0n) is 14.6. The lowest BCUT2D eigenvalue weighted by Gasteiger charge is -2.14. The van der Waals surface area contributed by atoms with Crippen molar-refractivity contribution >= 4 is 11.6 Å². The van der Waals surface area contributed by atoms with Crippen molar-refractivity contribution in [2.45, 2.75) is 18.9 Å². The molecule has 2 heterocycles. The molecule has 1 N–H and O–H groups in total. The molecule has 0 saturated carbocycles. The summed E-state index contributed by atoms with van der Waals surface area (Å²) in [4.78, 5) is 12.8. The number of carbonyl (C=O) groups excluding carboxylic acids is 1. The summed E-state index contributed by atoms with van der Waals surface area (Å²) in [6, 6.07) is 14.5. The maximum atomic E-state index is 12.8. The quantitative estimate of drug-likeness (QED) is 0.722. The number of nitrogens with one attached hydrogen (secondary N) is 1. The molecule has 1 aromatic heterocycles. The molecule has 1 amide bonds. The number of rotatable bonds is 6. The van der Waals surface area contributed by atoms with E-state index in [1.807, 2.05) is 30.3 Å². The van der Waals surface area contributed by atoms with Crippen LogP contribution in [-0.4, -0.2) is 45.4 Å². The molecule has 0 spiro atoms. The molecule has 2 aromatic carbocycles. The van der Waals surface area contributed by atoms with Gasteiger partial charge in [-0.15, -0.1) is 5.10 Å². The fraction of sp³-hybridized carbons (Fsp3) is 0.263. The van der Waals surface area contributed by atoms with Gasteiger partial charge in [-0.25, -0.2) is 4.68 Å². The molecule has 138 valence electrons. The van der Waals surface area contributed by atoms with Gasteiger partial charge >= 0.3 is 0 Å². The minimum atomic E-state index is -0.244. The highest BCUT2D eigenvalue weighted by Crippen LogP contribution is 2.22. The topological polar surface area (TPSA) is 91.2 Å². The number of para-hydroxylation sites is 1. The van der Waals surface area contributed by atoms with Crippen LogP contribution < -0.4 is 10.1 Å². The fourth-order valence-electron chi connectivity index (χ4n) is 2.94. The van der Waals surface area contributed by atoms with Crippen LogP contribution in [0, 0.1) is 0 Å². The highest BCUT2D eigenvalue weighted by molar-refractivity contribution is 6.06. The molecule has 1 aliphatic heterocycles. The van der Waals surface area contributed by atoms with Gasteiger partial charge in [0.05, 0.1) is 17.4 Å². The predicted molar refractivity (Wildman–Crippen MR) is 98.0 cm³/mol. The van der Waals surface area contributed by atoms with Crippen molar-refractivity contribution in [1.29, 1.82) is 0 Å². The Morgan fingerprint density at radius 3 is 3.00 bits per heavy atom. The second-order valence-corrected chi connectivity index (χ2v) is 6.20. The predicted octanol–water partition coefficient (Wildman–Crippen LogP) is 2.47. The molecule has 8 heteroatoms. The third-order valence-electron chi connectivity index (χ3n) is 4.30. The van der Waals surface area contributed by atoms with Crippen LogP contribution in [0.1, 0.15) is 23.2 Å². The van der Waals surface area contributed by atoms with Crippen LogP contribution >= 0.6 is 0 Å². The van der Waals surface area contributed by atoms with Crippen molar-refractivity contribution in [1.82, 2.24) is 20.2 Å². The normalized spacial score (nSPS) is 16.2. The average molecular weight is 365 g/mol. The Hall–Kier alpha value is -3.26. The minimum Gasteiger partial charge on any atom is -0.490 e. The number of nitrogens with zero attached hydrogens (tertiary/aromatic N) is 4. The molecule has 1 aliphatic rings. The highest BCUT2D eigenvalue weighted by Gasteiger charge is 2.18. The molecule has 0 aliphatic carbocycles. The molecule has 1 atom stereocenters. The number of tetrazole rings is 1. The number of carbonyl (C=O) groups is 1. The first-order valence-electron chi connectivity index (χ1n) is 8.78. The first kappa shape index (κ1) is 17.2. The minimum absolute atomic E-state index is 0.0917. The van der Waals surface area contributed by atoms with E-state index < -0.39 is 0 Å². The molecular formula is C19H19N5O3. The summed E-state index contributed by atoms with van der Waals surface area (Å²) in [5.41, 5.74) is 1.87. The summed E-state index contributed by atoms with van der Waals surface area (Å²) < 4.78 is 12.9. The fourth-order valence-corrected chi connectivity index (χ4v) is 2.94. The maximum Gasteiger partial charge on any atom is 0.259 e.